The van der Waals surface area contributed by atoms with Crippen molar-refractivity contribution in [2.24, 2.45) is 0 Å². The molecule has 0 spiro atoms. The second kappa shape index (κ2) is 8.43. The Kier molecular flexibility index (Phi) is 6.75. The van der Waals surface area contributed by atoms with E-state index in [-0.39, 0.29) is 5.91 Å². The number of benzene rings is 1. The van der Waals surface area contributed by atoms with Gasteiger partial charge in [-0.05, 0) is 18.6 Å². The molecule has 0 saturated heterocycles. The van der Waals surface area contributed by atoms with Crippen LogP contribution in [-0.2, 0) is 4.79 Å². The van der Waals surface area contributed by atoms with E-state index in [1.165, 1.54) is 0 Å². The molecular formula is C14H16ClNO2. The summed E-state index contributed by atoms with van der Waals surface area (Å²) < 4.78 is 5.48. The fourth-order valence-electron chi connectivity index (χ4n) is 1.26. The van der Waals surface area contributed by atoms with Crippen LogP contribution in [0.1, 0.15) is 12.0 Å². The largest absolute Gasteiger partial charge is 0.481 e. The zero-order valence-electron chi connectivity index (χ0n) is 10.3. The summed E-state index contributed by atoms with van der Waals surface area (Å²) in [4.78, 5) is 11.0. The van der Waals surface area contributed by atoms with Crippen LogP contribution >= 0.6 is 11.6 Å². The van der Waals surface area contributed by atoms with Crippen LogP contribution in [0, 0.1) is 18.8 Å². The lowest BCUT2D eigenvalue weighted by molar-refractivity contribution is -0.120. The molecule has 1 amide bonds. The number of ether oxygens (including phenoxy) is 1. The molecule has 96 valence electrons. The average molecular weight is 266 g/mol. The second-order valence-electron chi connectivity index (χ2n) is 3.62. The molecule has 0 aliphatic heterocycles. The summed E-state index contributed by atoms with van der Waals surface area (Å²) in [5, 5.41) is 2.64. The van der Waals surface area contributed by atoms with Crippen molar-refractivity contribution in [3.8, 4) is 17.6 Å². The van der Waals surface area contributed by atoms with Gasteiger partial charge >= 0.3 is 0 Å². The molecule has 1 aromatic carbocycles. The Morgan fingerprint density at radius 3 is 2.89 bits per heavy atom. The smallest absolute Gasteiger partial charge is 0.221 e. The van der Waals surface area contributed by atoms with Crippen molar-refractivity contribution in [2.45, 2.75) is 13.3 Å². The van der Waals surface area contributed by atoms with Gasteiger partial charge in [-0.2, -0.15) is 0 Å². The Labute approximate surface area is 112 Å². The normalized spacial score (nSPS) is 9.22. The van der Waals surface area contributed by atoms with Gasteiger partial charge in [-0.1, -0.05) is 30.0 Å². The van der Waals surface area contributed by atoms with E-state index < -0.39 is 0 Å². The van der Waals surface area contributed by atoms with Gasteiger partial charge in [0.25, 0.3) is 0 Å². The number of para-hydroxylation sites is 1. The highest BCUT2D eigenvalue weighted by molar-refractivity contribution is 6.18. The quantitative estimate of drug-likeness (QED) is 0.654. The molecular weight excluding hydrogens is 250 g/mol. The maximum absolute atomic E-state index is 11.0. The summed E-state index contributed by atoms with van der Waals surface area (Å²) >= 11 is 5.42. The summed E-state index contributed by atoms with van der Waals surface area (Å²) in [6, 6.07) is 7.76. The van der Waals surface area contributed by atoms with Gasteiger partial charge < -0.3 is 10.1 Å². The molecule has 4 heteroatoms. The Balaban J connectivity index is 2.22. The molecule has 18 heavy (non-hydrogen) atoms. The first kappa shape index (κ1) is 14.4. The molecule has 0 aliphatic carbocycles. The van der Waals surface area contributed by atoms with E-state index in [1.807, 2.05) is 31.2 Å². The number of halogens is 1. The van der Waals surface area contributed by atoms with Gasteiger partial charge in [-0.15, -0.1) is 11.6 Å². The van der Waals surface area contributed by atoms with Crippen LogP contribution in [0.4, 0.5) is 0 Å². The van der Waals surface area contributed by atoms with Crippen LogP contribution < -0.4 is 10.1 Å². The number of nitrogens with one attached hydrogen (secondary N) is 1. The Bertz CT molecular complexity index is 449. The number of carbonyl (C=O) groups is 1. The molecule has 3 nitrogen and oxygen atoms in total. The highest BCUT2D eigenvalue weighted by atomic mass is 35.5. The van der Waals surface area contributed by atoms with Crippen molar-refractivity contribution < 1.29 is 9.53 Å². The molecule has 0 bridgehead atoms. The Morgan fingerprint density at radius 2 is 2.17 bits per heavy atom. The van der Waals surface area contributed by atoms with Crippen molar-refractivity contribution in [3.63, 3.8) is 0 Å². The summed E-state index contributed by atoms with van der Waals surface area (Å²) in [6.45, 7) is 2.62. The number of amides is 1. The topological polar surface area (TPSA) is 38.3 Å². The summed E-state index contributed by atoms with van der Waals surface area (Å²) in [5.74, 6) is 6.73. The van der Waals surface area contributed by atoms with E-state index in [4.69, 9.17) is 16.3 Å². The lowest BCUT2D eigenvalue weighted by Crippen LogP contribution is -2.23. The van der Waals surface area contributed by atoms with Gasteiger partial charge in [0.2, 0.25) is 5.91 Å². The predicted molar refractivity (Wildman–Crippen MR) is 72.8 cm³/mol. The highest BCUT2D eigenvalue weighted by Crippen LogP contribution is 2.15. The van der Waals surface area contributed by atoms with Crippen LogP contribution in [0.5, 0.6) is 5.75 Å². The van der Waals surface area contributed by atoms with Gasteiger partial charge in [0.15, 0.2) is 0 Å². The molecule has 1 N–H and O–H groups in total. The van der Waals surface area contributed by atoms with Crippen molar-refractivity contribution in [1.82, 2.24) is 5.32 Å². The van der Waals surface area contributed by atoms with Gasteiger partial charge in [-0.3, -0.25) is 4.79 Å². The average Bonchev–Trinajstić information content (AvgIpc) is 2.36. The fourth-order valence-corrected chi connectivity index (χ4v) is 1.43. The third-order valence-electron chi connectivity index (χ3n) is 2.21. The van der Waals surface area contributed by atoms with E-state index in [9.17, 15) is 4.79 Å². The van der Waals surface area contributed by atoms with Crippen molar-refractivity contribution in [3.05, 3.63) is 29.8 Å². The minimum Gasteiger partial charge on any atom is -0.481 e. The number of aryl methyl sites for hydroxylation is 1. The van der Waals surface area contributed by atoms with E-state index in [0.29, 0.717) is 25.5 Å². The van der Waals surface area contributed by atoms with Crippen LogP contribution in [0.25, 0.3) is 0 Å². The first-order chi connectivity index (χ1) is 8.74. The van der Waals surface area contributed by atoms with E-state index in [0.717, 1.165) is 11.3 Å². The molecule has 1 aromatic rings. The molecule has 0 atom stereocenters. The molecule has 1 rings (SSSR count). The molecule has 0 aromatic heterocycles. The fraction of sp³-hybridized carbons (Fsp3) is 0.357. The van der Waals surface area contributed by atoms with Crippen LogP contribution in [-0.4, -0.2) is 24.9 Å². The molecule has 0 saturated carbocycles. The lowest BCUT2D eigenvalue weighted by atomic mass is 10.2. The summed E-state index contributed by atoms with van der Waals surface area (Å²) in [7, 11) is 0. The Hall–Kier alpha value is -1.66. The standard InChI is InChI=1S/C14H16ClNO2/c1-12-6-2-3-7-13(12)18-11-5-4-10-16-14(17)8-9-15/h2-3,6-7H,8-11H2,1H3,(H,16,17). The van der Waals surface area contributed by atoms with E-state index in [1.54, 1.807) is 0 Å². The van der Waals surface area contributed by atoms with Crippen LogP contribution in [0.15, 0.2) is 24.3 Å². The number of hydrogen-bond donors (Lipinski definition) is 1. The molecule has 0 fully saturated rings. The summed E-state index contributed by atoms with van der Waals surface area (Å²) in [6.07, 6.45) is 0.322. The number of hydrogen-bond acceptors (Lipinski definition) is 2. The highest BCUT2D eigenvalue weighted by Gasteiger charge is 1.96. The lowest BCUT2D eigenvalue weighted by Gasteiger charge is -2.04. The van der Waals surface area contributed by atoms with Gasteiger partial charge in [0.1, 0.15) is 12.4 Å². The third-order valence-corrected chi connectivity index (χ3v) is 2.40. The third kappa shape index (κ3) is 5.60. The van der Waals surface area contributed by atoms with Crippen LogP contribution in [0.2, 0.25) is 0 Å². The first-order valence-electron chi connectivity index (χ1n) is 5.71. The molecule has 0 aliphatic rings. The van der Waals surface area contributed by atoms with Crippen LogP contribution in [0.3, 0.4) is 0 Å². The van der Waals surface area contributed by atoms with Crippen molar-refractivity contribution in [1.29, 1.82) is 0 Å². The molecule has 0 radical (unpaired) electrons. The maximum Gasteiger partial charge on any atom is 0.221 e. The predicted octanol–water partition coefficient (Wildman–Crippen LogP) is 2.12. The minimum absolute atomic E-state index is 0.0841. The van der Waals surface area contributed by atoms with Gasteiger partial charge in [0, 0.05) is 12.3 Å². The maximum atomic E-state index is 11.0. The Morgan fingerprint density at radius 1 is 1.39 bits per heavy atom. The minimum atomic E-state index is -0.0841. The van der Waals surface area contributed by atoms with Crippen molar-refractivity contribution in [2.75, 3.05) is 19.0 Å². The van der Waals surface area contributed by atoms with E-state index in [2.05, 4.69) is 17.2 Å². The van der Waals surface area contributed by atoms with Gasteiger partial charge in [0.05, 0.1) is 6.54 Å². The van der Waals surface area contributed by atoms with Gasteiger partial charge in [-0.25, -0.2) is 0 Å². The first-order valence-corrected chi connectivity index (χ1v) is 6.24. The molecule has 0 heterocycles. The summed E-state index contributed by atoms with van der Waals surface area (Å²) in [5.41, 5.74) is 1.08. The second-order valence-corrected chi connectivity index (χ2v) is 4.00. The zero-order valence-corrected chi connectivity index (χ0v) is 11.1. The van der Waals surface area contributed by atoms with Crippen molar-refractivity contribution >= 4 is 17.5 Å². The number of alkyl halides is 1. The number of carbonyl (C=O) groups excluding carboxylic acids is 1. The SMILES string of the molecule is Cc1ccccc1OCC#CCNC(=O)CCCl. The zero-order chi connectivity index (χ0) is 13.2. The monoisotopic (exact) mass is 265 g/mol. The number of rotatable bonds is 5. The molecule has 0 unspecified atom stereocenters. The van der Waals surface area contributed by atoms with E-state index >= 15 is 0 Å².